The number of nitrogens with zero attached hydrogens (tertiary/aromatic N) is 1. The molecule has 2 aliphatic rings. The molecule has 190 valence electrons. The van der Waals surface area contributed by atoms with Crippen molar-refractivity contribution in [2.45, 2.75) is 50.7 Å². The first-order chi connectivity index (χ1) is 18.0. The van der Waals surface area contributed by atoms with Crippen LogP contribution in [0.5, 0.6) is 11.5 Å². The van der Waals surface area contributed by atoms with E-state index in [4.69, 9.17) is 14.2 Å². The Bertz CT molecular complexity index is 1340. The number of aromatic nitrogens is 1. The van der Waals surface area contributed by atoms with Crippen LogP contribution in [0.4, 0.5) is 4.39 Å². The van der Waals surface area contributed by atoms with Gasteiger partial charge >= 0.3 is 5.97 Å². The average Bonchev–Trinajstić information content (AvgIpc) is 3.55. The van der Waals surface area contributed by atoms with Crippen LogP contribution in [0.25, 0.3) is 11.1 Å². The molecule has 1 saturated heterocycles. The number of rotatable bonds is 8. The highest BCUT2D eigenvalue weighted by molar-refractivity contribution is 5.71. The molecule has 3 aromatic rings. The van der Waals surface area contributed by atoms with Crippen molar-refractivity contribution in [3.8, 4) is 34.5 Å². The predicted octanol–water partition coefficient (Wildman–Crippen LogP) is 5.70. The van der Waals surface area contributed by atoms with Crippen molar-refractivity contribution in [3.63, 3.8) is 0 Å². The van der Waals surface area contributed by atoms with Crippen LogP contribution in [0.1, 0.15) is 54.9 Å². The average molecular weight is 502 g/mol. The van der Waals surface area contributed by atoms with Gasteiger partial charge in [-0.2, -0.15) is 0 Å². The van der Waals surface area contributed by atoms with Gasteiger partial charge in [-0.1, -0.05) is 24.1 Å². The fourth-order valence-corrected chi connectivity index (χ4v) is 5.03. The highest BCUT2D eigenvalue weighted by atomic mass is 19.1. The number of carbonyl (C=O) groups is 1. The zero-order valence-electron chi connectivity index (χ0n) is 20.6. The minimum atomic E-state index is -0.901. The topological polar surface area (TPSA) is 77.9 Å². The summed E-state index contributed by atoms with van der Waals surface area (Å²) in [7, 11) is 0. The molecular formula is C30H28FNO5. The fourth-order valence-electron chi connectivity index (χ4n) is 5.03. The van der Waals surface area contributed by atoms with Crippen LogP contribution in [0.3, 0.4) is 0 Å². The second-order valence-electron chi connectivity index (χ2n) is 9.26. The number of pyridine rings is 1. The molecule has 1 aliphatic carbocycles. The molecule has 1 aliphatic heterocycles. The molecule has 0 amide bonds. The number of carboxylic acids is 1. The SMILES string of the molecule is CC#CC(CC(=O)O)c1ccc(O[C@@H]2CCc3c(-c4cncc(OC5CCOC5)c4)ccc(F)c32)cc1. The number of hydrogen-bond donors (Lipinski definition) is 1. The van der Waals surface area contributed by atoms with Crippen molar-refractivity contribution in [3.05, 3.63) is 77.4 Å². The van der Waals surface area contributed by atoms with Crippen LogP contribution < -0.4 is 9.47 Å². The Morgan fingerprint density at radius 1 is 1.16 bits per heavy atom. The van der Waals surface area contributed by atoms with E-state index < -0.39 is 18.0 Å². The zero-order chi connectivity index (χ0) is 25.8. The highest BCUT2D eigenvalue weighted by Gasteiger charge is 2.30. The monoisotopic (exact) mass is 501 g/mol. The maximum atomic E-state index is 15.1. The van der Waals surface area contributed by atoms with Crippen LogP contribution in [0, 0.1) is 17.7 Å². The Balaban J connectivity index is 1.36. The molecule has 0 spiro atoms. The normalized spacial score (nSPS) is 19.0. The molecule has 0 bridgehead atoms. The third kappa shape index (κ3) is 5.60. The van der Waals surface area contributed by atoms with E-state index in [0.717, 1.165) is 28.7 Å². The molecule has 1 N–H and O–H groups in total. The molecule has 0 saturated carbocycles. The van der Waals surface area contributed by atoms with Gasteiger partial charge in [0.15, 0.2) is 0 Å². The van der Waals surface area contributed by atoms with E-state index in [1.54, 1.807) is 37.5 Å². The summed E-state index contributed by atoms with van der Waals surface area (Å²) in [4.78, 5) is 15.5. The largest absolute Gasteiger partial charge is 0.486 e. The van der Waals surface area contributed by atoms with Gasteiger partial charge in [0.05, 0.1) is 31.7 Å². The maximum absolute atomic E-state index is 15.1. The van der Waals surface area contributed by atoms with Crippen LogP contribution >= 0.6 is 0 Å². The van der Waals surface area contributed by atoms with Crippen molar-refractivity contribution in [1.82, 2.24) is 4.98 Å². The van der Waals surface area contributed by atoms with Crippen LogP contribution in [-0.2, 0) is 16.0 Å². The molecule has 0 radical (unpaired) electrons. The van der Waals surface area contributed by atoms with Crippen molar-refractivity contribution >= 4 is 5.97 Å². The van der Waals surface area contributed by atoms with Gasteiger partial charge in [-0.05, 0) is 60.7 Å². The molecular weight excluding hydrogens is 473 g/mol. The molecule has 37 heavy (non-hydrogen) atoms. The van der Waals surface area contributed by atoms with Gasteiger partial charge in [-0.15, -0.1) is 5.92 Å². The third-order valence-electron chi connectivity index (χ3n) is 6.76. The van der Waals surface area contributed by atoms with E-state index in [2.05, 4.69) is 16.8 Å². The first-order valence-electron chi connectivity index (χ1n) is 12.4. The summed E-state index contributed by atoms with van der Waals surface area (Å²) in [5.41, 5.74) is 4.10. The maximum Gasteiger partial charge on any atom is 0.304 e. The number of ether oxygens (including phenoxy) is 3. The Morgan fingerprint density at radius 2 is 2.00 bits per heavy atom. The summed E-state index contributed by atoms with van der Waals surface area (Å²) in [6.45, 7) is 2.96. The second kappa shape index (κ2) is 11.0. The number of carboxylic acid groups (broad SMARTS) is 1. The third-order valence-corrected chi connectivity index (χ3v) is 6.76. The lowest BCUT2D eigenvalue weighted by Gasteiger charge is -2.18. The van der Waals surface area contributed by atoms with Gasteiger partial charge in [-0.3, -0.25) is 9.78 Å². The molecule has 2 heterocycles. The molecule has 2 aromatic carbocycles. The van der Waals surface area contributed by atoms with Crippen molar-refractivity contribution in [2.24, 2.45) is 0 Å². The summed E-state index contributed by atoms with van der Waals surface area (Å²) in [5.74, 6) is 5.43. The number of halogens is 1. The Hall–Kier alpha value is -3.89. The predicted molar refractivity (Wildman–Crippen MR) is 136 cm³/mol. The van der Waals surface area contributed by atoms with Crippen LogP contribution in [0.15, 0.2) is 54.9 Å². The van der Waals surface area contributed by atoms with Crippen molar-refractivity contribution in [1.29, 1.82) is 0 Å². The summed E-state index contributed by atoms with van der Waals surface area (Å²) in [6, 6.07) is 12.4. The summed E-state index contributed by atoms with van der Waals surface area (Å²) < 4.78 is 32.7. The lowest BCUT2D eigenvalue weighted by molar-refractivity contribution is -0.137. The van der Waals surface area contributed by atoms with Gasteiger partial charge in [-0.25, -0.2) is 4.39 Å². The molecule has 6 nitrogen and oxygen atoms in total. The van der Waals surface area contributed by atoms with Crippen LogP contribution in [-0.4, -0.2) is 35.4 Å². The molecule has 7 heteroatoms. The van der Waals surface area contributed by atoms with Crippen molar-refractivity contribution in [2.75, 3.05) is 13.2 Å². The number of aliphatic carboxylic acids is 1. The van der Waals surface area contributed by atoms with Gasteiger partial charge < -0.3 is 19.3 Å². The smallest absolute Gasteiger partial charge is 0.304 e. The van der Waals surface area contributed by atoms with E-state index in [0.29, 0.717) is 43.1 Å². The zero-order valence-corrected chi connectivity index (χ0v) is 20.6. The number of fused-ring (bicyclic) bond motifs is 1. The fraction of sp³-hybridized carbons (Fsp3) is 0.333. The van der Waals surface area contributed by atoms with E-state index in [-0.39, 0.29) is 18.3 Å². The highest BCUT2D eigenvalue weighted by Crippen LogP contribution is 2.42. The first kappa shape index (κ1) is 24.8. The van der Waals surface area contributed by atoms with E-state index in [9.17, 15) is 9.90 Å². The minimum absolute atomic E-state index is 0.0218. The Kier molecular flexibility index (Phi) is 7.38. The van der Waals surface area contributed by atoms with Gasteiger partial charge in [0.1, 0.15) is 29.5 Å². The second-order valence-corrected chi connectivity index (χ2v) is 9.26. The first-order valence-corrected chi connectivity index (χ1v) is 12.4. The van der Waals surface area contributed by atoms with E-state index in [1.807, 2.05) is 18.2 Å². The summed E-state index contributed by atoms with van der Waals surface area (Å²) in [5, 5.41) is 9.17. The molecule has 1 aromatic heterocycles. The number of benzene rings is 2. The summed E-state index contributed by atoms with van der Waals surface area (Å²) in [6.07, 6.45) is 5.17. The van der Waals surface area contributed by atoms with Crippen molar-refractivity contribution < 1.29 is 28.5 Å². The molecule has 2 unspecified atom stereocenters. The Labute approximate surface area is 215 Å². The minimum Gasteiger partial charge on any atom is -0.486 e. The van der Waals surface area contributed by atoms with E-state index in [1.165, 1.54) is 6.07 Å². The van der Waals surface area contributed by atoms with Gasteiger partial charge in [0, 0.05) is 23.7 Å². The molecule has 5 rings (SSSR count). The van der Waals surface area contributed by atoms with Gasteiger partial charge in [0.25, 0.3) is 0 Å². The summed E-state index contributed by atoms with van der Waals surface area (Å²) >= 11 is 0. The quantitative estimate of drug-likeness (QED) is 0.399. The van der Waals surface area contributed by atoms with Crippen LogP contribution in [0.2, 0.25) is 0 Å². The number of hydrogen-bond acceptors (Lipinski definition) is 5. The Morgan fingerprint density at radius 3 is 2.73 bits per heavy atom. The standard InChI is InChI=1S/C30H28FNO5/c1-2-3-20(15-29(33)34)19-4-6-22(7-5-19)37-28-11-9-26-25(8-10-27(31)30(26)28)21-14-24(17-32-16-21)36-23-12-13-35-18-23/h4-8,10,14,16-17,20,23,28H,9,11-13,15,18H2,1H3,(H,33,34)/t20?,23?,28-/m1/s1. The van der Waals surface area contributed by atoms with Gasteiger partial charge in [0.2, 0.25) is 0 Å². The lowest BCUT2D eigenvalue weighted by Crippen LogP contribution is -2.15. The molecule has 3 atom stereocenters. The lowest BCUT2D eigenvalue weighted by atomic mass is 9.96. The molecule has 1 fully saturated rings. The van der Waals surface area contributed by atoms with E-state index >= 15 is 4.39 Å².